The Bertz CT molecular complexity index is 607. The van der Waals surface area contributed by atoms with E-state index in [4.69, 9.17) is 4.74 Å². The van der Waals surface area contributed by atoms with Crippen LogP contribution >= 0.6 is 0 Å². The van der Waals surface area contributed by atoms with Crippen LogP contribution in [0.25, 0.3) is 11.0 Å². The molecule has 1 aliphatic heterocycles. The molecule has 4 heteroatoms. The van der Waals surface area contributed by atoms with Crippen molar-refractivity contribution < 1.29 is 4.74 Å². The molecule has 0 radical (unpaired) electrons. The lowest BCUT2D eigenvalue weighted by atomic mass is 10.1. The Hall–Kier alpha value is -1.97. The number of fused-ring (bicyclic) bond motifs is 1. The number of ether oxygens (including phenoxy) is 1. The van der Waals surface area contributed by atoms with E-state index < -0.39 is 0 Å². The molecular weight excluding hydrogens is 226 g/mol. The van der Waals surface area contributed by atoms with E-state index in [9.17, 15) is 0 Å². The summed E-state index contributed by atoms with van der Waals surface area (Å²) < 4.78 is 5.61. The van der Waals surface area contributed by atoms with Crippen molar-refractivity contribution in [1.29, 1.82) is 0 Å². The third-order valence-corrected chi connectivity index (χ3v) is 3.11. The highest BCUT2D eigenvalue weighted by atomic mass is 16.5. The largest absolute Gasteiger partial charge is 0.474 e. The van der Waals surface area contributed by atoms with Gasteiger partial charge in [-0.25, -0.2) is 9.98 Å². The van der Waals surface area contributed by atoms with Gasteiger partial charge in [0, 0.05) is 0 Å². The number of benzene rings is 1. The predicted octanol–water partition coefficient (Wildman–Crippen LogP) is 2.43. The lowest BCUT2D eigenvalue weighted by Crippen LogP contribution is -2.13. The molecule has 2 aromatic rings. The second kappa shape index (κ2) is 4.37. The number of hydrogen-bond donors (Lipinski definition) is 0. The molecule has 4 nitrogen and oxygen atoms in total. The fourth-order valence-electron chi connectivity index (χ4n) is 1.93. The van der Waals surface area contributed by atoms with Crippen molar-refractivity contribution in [2.24, 2.45) is 10.9 Å². The predicted molar refractivity (Wildman–Crippen MR) is 70.7 cm³/mol. The molecule has 0 saturated heterocycles. The van der Waals surface area contributed by atoms with E-state index in [0.29, 0.717) is 18.4 Å². The number of aliphatic imine (C=N–C) groups is 1. The van der Waals surface area contributed by atoms with E-state index >= 15 is 0 Å². The standard InChI is InChI=1S/C14H15N3O/c1-9(2)13-8-18-14(17-13)12-7-15-10-5-3-4-6-11(10)16-12/h3-7,9,13H,8H2,1-2H3. The summed E-state index contributed by atoms with van der Waals surface area (Å²) >= 11 is 0. The van der Waals surface area contributed by atoms with Crippen molar-refractivity contribution in [3.8, 4) is 0 Å². The second-order valence-corrected chi connectivity index (χ2v) is 4.80. The van der Waals surface area contributed by atoms with Crippen LogP contribution in [0.1, 0.15) is 19.5 Å². The minimum Gasteiger partial charge on any atom is -0.474 e. The maximum absolute atomic E-state index is 5.61. The molecular formula is C14H15N3O. The molecule has 18 heavy (non-hydrogen) atoms. The summed E-state index contributed by atoms with van der Waals surface area (Å²) in [7, 11) is 0. The molecule has 2 heterocycles. The summed E-state index contributed by atoms with van der Waals surface area (Å²) in [4.78, 5) is 13.5. The van der Waals surface area contributed by atoms with Gasteiger partial charge in [0.25, 0.3) is 0 Å². The summed E-state index contributed by atoms with van der Waals surface area (Å²) in [6, 6.07) is 8.03. The molecule has 1 aromatic carbocycles. The van der Waals surface area contributed by atoms with Gasteiger partial charge in [0.2, 0.25) is 5.90 Å². The molecule has 0 aliphatic carbocycles. The Balaban J connectivity index is 1.98. The molecule has 0 spiro atoms. The third-order valence-electron chi connectivity index (χ3n) is 3.11. The lowest BCUT2D eigenvalue weighted by Gasteiger charge is -2.06. The smallest absolute Gasteiger partial charge is 0.237 e. The van der Waals surface area contributed by atoms with Gasteiger partial charge >= 0.3 is 0 Å². The van der Waals surface area contributed by atoms with Crippen LogP contribution in [0.4, 0.5) is 0 Å². The highest BCUT2D eigenvalue weighted by molar-refractivity contribution is 5.94. The van der Waals surface area contributed by atoms with Crippen molar-refractivity contribution in [2.75, 3.05) is 6.61 Å². The average molecular weight is 241 g/mol. The highest BCUT2D eigenvalue weighted by Crippen LogP contribution is 2.17. The zero-order valence-corrected chi connectivity index (χ0v) is 10.5. The highest BCUT2D eigenvalue weighted by Gasteiger charge is 2.23. The Morgan fingerprint density at radius 1 is 1.22 bits per heavy atom. The van der Waals surface area contributed by atoms with E-state index in [1.807, 2.05) is 24.3 Å². The van der Waals surface area contributed by atoms with Crippen molar-refractivity contribution in [3.05, 3.63) is 36.2 Å². The SMILES string of the molecule is CC(C)C1COC(c2cnc3ccccc3n2)=N1. The minimum atomic E-state index is 0.230. The van der Waals surface area contributed by atoms with Crippen LogP contribution < -0.4 is 0 Å². The Kier molecular flexibility index (Phi) is 2.70. The monoisotopic (exact) mass is 241 g/mol. The molecule has 0 fully saturated rings. The van der Waals surface area contributed by atoms with Crippen LogP contribution in [0.3, 0.4) is 0 Å². The van der Waals surface area contributed by atoms with Crippen molar-refractivity contribution in [2.45, 2.75) is 19.9 Å². The topological polar surface area (TPSA) is 47.4 Å². The number of aromatic nitrogens is 2. The van der Waals surface area contributed by atoms with E-state index in [0.717, 1.165) is 16.7 Å². The lowest BCUT2D eigenvalue weighted by molar-refractivity contribution is 0.291. The summed E-state index contributed by atoms with van der Waals surface area (Å²) in [5, 5.41) is 0. The Morgan fingerprint density at radius 3 is 2.72 bits per heavy atom. The summed E-state index contributed by atoms with van der Waals surface area (Å²) in [5.74, 6) is 1.10. The molecule has 0 amide bonds. The summed E-state index contributed by atoms with van der Waals surface area (Å²) in [6.45, 7) is 4.93. The van der Waals surface area contributed by atoms with Crippen LogP contribution in [0.2, 0.25) is 0 Å². The normalized spacial score (nSPS) is 19.1. The minimum absolute atomic E-state index is 0.230. The number of nitrogens with zero attached hydrogens (tertiary/aromatic N) is 3. The first-order valence-corrected chi connectivity index (χ1v) is 6.17. The molecule has 3 rings (SSSR count). The first-order chi connectivity index (χ1) is 8.74. The number of rotatable bonds is 2. The molecule has 92 valence electrons. The van der Waals surface area contributed by atoms with Crippen LogP contribution in [0.15, 0.2) is 35.5 Å². The van der Waals surface area contributed by atoms with Gasteiger partial charge in [0.1, 0.15) is 12.3 Å². The molecule has 1 unspecified atom stereocenters. The molecule has 1 atom stereocenters. The van der Waals surface area contributed by atoms with Crippen LogP contribution in [0, 0.1) is 5.92 Å². The fraction of sp³-hybridized carbons (Fsp3) is 0.357. The second-order valence-electron chi connectivity index (χ2n) is 4.80. The fourth-order valence-corrected chi connectivity index (χ4v) is 1.93. The summed E-state index contributed by atoms with van der Waals surface area (Å²) in [6.07, 6.45) is 1.73. The van der Waals surface area contributed by atoms with Crippen LogP contribution in [-0.4, -0.2) is 28.5 Å². The third kappa shape index (κ3) is 1.94. The Morgan fingerprint density at radius 2 is 2.00 bits per heavy atom. The zero-order chi connectivity index (χ0) is 12.5. The number of para-hydroxylation sites is 2. The average Bonchev–Trinajstić information content (AvgIpc) is 2.88. The van der Waals surface area contributed by atoms with Crippen LogP contribution in [-0.2, 0) is 4.74 Å². The maximum Gasteiger partial charge on any atom is 0.237 e. The van der Waals surface area contributed by atoms with E-state index in [1.165, 1.54) is 0 Å². The summed E-state index contributed by atoms with van der Waals surface area (Å²) in [5.41, 5.74) is 2.48. The van der Waals surface area contributed by atoms with Gasteiger partial charge in [0.05, 0.1) is 23.3 Å². The zero-order valence-electron chi connectivity index (χ0n) is 10.5. The first kappa shape index (κ1) is 11.1. The van der Waals surface area contributed by atoms with E-state index in [-0.39, 0.29) is 6.04 Å². The molecule has 0 bridgehead atoms. The van der Waals surface area contributed by atoms with E-state index in [2.05, 4.69) is 28.8 Å². The van der Waals surface area contributed by atoms with Crippen molar-refractivity contribution in [3.63, 3.8) is 0 Å². The molecule has 0 saturated carbocycles. The number of hydrogen-bond acceptors (Lipinski definition) is 4. The van der Waals surface area contributed by atoms with Gasteiger partial charge in [0.15, 0.2) is 0 Å². The van der Waals surface area contributed by atoms with Gasteiger partial charge in [-0.05, 0) is 18.1 Å². The van der Waals surface area contributed by atoms with Crippen molar-refractivity contribution in [1.82, 2.24) is 9.97 Å². The van der Waals surface area contributed by atoms with Gasteiger partial charge in [-0.3, -0.25) is 4.98 Å². The van der Waals surface area contributed by atoms with Crippen molar-refractivity contribution >= 4 is 16.9 Å². The quantitative estimate of drug-likeness (QED) is 0.811. The molecule has 0 N–H and O–H groups in total. The molecule has 1 aliphatic rings. The molecule has 1 aromatic heterocycles. The van der Waals surface area contributed by atoms with E-state index in [1.54, 1.807) is 6.20 Å². The van der Waals surface area contributed by atoms with Gasteiger partial charge in [-0.1, -0.05) is 26.0 Å². The maximum atomic E-state index is 5.61. The van der Waals surface area contributed by atoms with Gasteiger partial charge < -0.3 is 4.74 Å². The van der Waals surface area contributed by atoms with Gasteiger partial charge in [-0.2, -0.15) is 0 Å². The van der Waals surface area contributed by atoms with Crippen LogP contribution in [0.5, 0.6) is 0 Å². The van der Waals surface area contributed by atoms with Gasteiger partial charge in [-0.15, -0.1) is 0 Å². The first-order valence-electron chi connectivity index (χ1n) is 6.17. The Labute approximate surface area is 106 Å².